The number of anilines is 1. The monoisotopic (exact) mass is 491 g/mol. The fraction of sp³-hybridized carbons (Fsp3) is 0.476. The van der Waals surface area contributed by atoms with E-state index in [0.717, 1.165) is 5.56 Å². The number of aryl methyl sites for hydroxylation is 1. The summed E-state index contributed by atoms with van der Waals surface area (Å²) in [6, 6.07) is 5.32. The highest BCUT2D eigenvalue weighted by Gasteiger charge is 2.35. The second-order valence-corrected chi connectivity index (χ2v) is 9.57. The van der Waals surface area contributed by atoms with Crippen molar-refractivity contribution in [3.8, 4) is 11.5 Å². The second-order valence-electron chi connectivity index (χ2n) is 7.53. The molecule has 0 spiro atoms. The summed E-state index contributed by atoms with van der Waals surface area (Å²) in [4.78, 5) is 12.8. The van der Waals surface area contributed by atoms with Crippen molar-refractivity contribution in [3.63, 3.8) is 0 Å². The van der Waals surface area contributed by atoms with Crippen molar-refractivity contribution in [2.24, 2.45) is 0 Å². The zero-order valence-electron chi connectivity index (χ0n) is 19.7. The Morgan fingerprint density at radius 2 is 1.79 bits per heavy atom. The standard InChI is InChI=1S/C21H29N7O5S/c1-14-12-23-19(24-13-14)18(33-5)15(2)34(29,30)27-21-26-25-20(16-8-6-7-10-22-16)28(21)17(32-4)9-11-31-3/h6-8,10,12-13,15,17-18H,9,11H2,1-5H3,(H,26,27)/t15-,17?,18-/m0/s1. The van der Waals surface area contributed by atoms with E-state index in [1.54, 1.807) is 48.5 Å². The summed E-state index contributed by atoms with van der Waals surface area (Å²) in [5, 5.41) is 7.23. The Hall–Kier alpha value is -3.00. The Morgan fingerprint density at radius 1 is 1.06 bits per heavy atom. The van der Waals surface area contributed by atoms with Crippen LogP contribution >= 0.6 is 0 Å². The van der Waals surface area contributed by atoms with Gasteiger partial charge in [0, 0.05) is 46.3 Å². The van der Waals surface area contributed by atoms with Crippen LogP contribution in [0.15, 0.2) is 36.8 Å². The normalized spacial score (nSPS) is 14.5. The molecule has 13 heteroatoms. The Morgan fingerprint density at radius 3 is 2.38 bits per heavy atom. The zero-order valence-corrected chi connectivity index (χ0v) is 20.6. The van der Waals surface area contributed by atoms with Gasteiger partial charge in [0.15, 0.2) is 11.6 Å². The molecule has 184 valence electrons. The van der Waals surface area contributed by atoms with E-state index in [-0.39, 0.29) is 11.8 Å². The number of rotatable bonds is 12. The number of hydrogen-bond donors (Lipinski definition) is 1. The number of pyridine rings is 1. The highest BCUT2D eigenvalue weighted by atomic mass is 32.2. The van der Waals surface area contributed by atoms with E-state index in [1.165, 1.54) is 21.1 Å². The predicted octanol–water partition coefficient (Wildman–Crippen LogP) is 2.14. The van der Waals surface area contributed by atoms with E-state index in [1.807, 2.05) is 6.92 Å². The van der Waals surface area contributed by atoms with Gasteiger partial charge < -0.3 is 14.2 Å². The molecule has 34 heavy (non-hydrogen) atoms. The van der Waals surface area contributed by atoms with Crippen LogP contribution in [0.25, 0.3) is 11.5 Å². The topological polar surface area (TPSA) is 143 Å². The molecule has 0 aliphatic heterocycles. The van der Waals surface area contributed by atoms with Gasteiger partial charge in [0.25, 0.3) is 0 Å². The SMILES string of the molecule is COCCC(OC)n1c(NS(=O)(=O)[C@@H](C)[C@H](OC)c2ncc(C)cn2)nnc1-c1ccccn1. The lowest BCUT2D eigenvalue weighted by Gasteiger charge is -2.24. The minimum atomic E-state index is -4.02. The molecular formula is C21H29N7O5S. The first kappa shape index (κ1) is 25.6. The molecule has 0 fully saturated rings. The van der Waals surface area contributed by atoms with Crippen LogP contribution in [-0.4, -0.2) is 71.3 Å². The van der Waals surface area contributed by atoms with Crippen LogP contribution in [0.1, 0.15) is 37.1 Å². The first-order valence-corrected chi connectivity index (χ1v) is 12.1. The first-order chi connectivity index (χ1) is 16.3. The molecular weight excluding hydrogens is 462 g/mol. The molecule has 3 aromatic heterocycles. The lowest BCUT2D eigenvalue weighted by atomic mass is 10.2. The van der Waals surface area contributed by atoms with Crippen LogP contribution in [0.2, 0.25) is 0 Å². The highest BCUT2D eigenvalue weighted by Crippen LogP contribution is 2.29. The zero-order chi connectivity index (χ0) is 24.7. The molecule has 1 N–H and O–H groups in total. The fourth-order valence-electron chi connectivity index (χ4n) is 3.31. The minimum Gasteiger partial charge on any atom is -0.385 e. The Labute approximate surface area is 198 Å². The molecule has 0 radical (unpaired) electrons. The second kappa shape index (κ2) is 11.4. The van der Waals surface area contributed by atoms with E-state index < -0.39 is 27.6 Å². The largest absolute Gasteiger partial charge is 0.385 e. The van der Waals surface area contributed by atoms with E-state index in [0.29, 0.717) is 24.5 Å². The minimum absolute atomic E-state index is 0.0184. The average molecular weight is 492 g/mol. The summed E-state index contributed by atoms with van der Waals surface area (Å²) in [6.07, 6.45) is 3.73. The van der Waals surface area contributed by atoms with Gasteiger partial charge in [-0.15, -0.1) is 10.2 Å². The van der Waals surface area contributed by atoms with Crippen LogP contribution < -0.4 is 4.72 Å². The Bertz CT molecular complexity index is 1160. The van der Waals surface area contributed by atoms with E-state index in [9.17, 15) is 8.42 Å². The summed E-state index contributed by atoms with van der Waals surface area (Å²) in [7, 11) is 0.472. The predicted molar refractivity (Wildman–Crippen MR) is 124 cm³/mol. The number of methoxy groups -OCH3 is 3. The number of hydrogen-bond acceptors (Lipinski definition) is 10. The number of ether oxygens (including phenoxy) is 3. The Balaban J connectivity index is 1.98. The van der Waals surface area contributed by atoms with Gasteiger partial charge in [-0.2, -0.15) is 0 Å². The van der Waals surface area contributed by atoms with E-state index in [4.69, 9.17) is 14.2 Å². The highest BCUT2D eigenvalue weighted by molar-refractivity contribution is 7.93. The van der Waals surface area contributed by atoms with Gasteiger partial charge in [0.05, 0.1) is 6.61 Å². The molecule has 0 amide bonds. The third kappa shape index (κ3) is 5.73. The lowest BCUT2D eigenvalue weighted by molar-refractivity contribution is 0.0189. The van der Waals surface area contributed by atoms with Gasteiger partial charge >= 0.3 is 0 Å². The number of aromatic nitrogens is 6. The van der Waals surface area contributed by atoms with Crippen LogP contribution in [-0.2, 0) is 24.2 Å². The first-order valence-electron chi connectivity index (χ1n) is 10.5. The molecule has 3 atom stereocenters. The quantitative estimate of drug-likeness (QED) is 0.400. The maximum atomic E-state index is 13.4. The smallest absolute Gasteiger partial charge is 0.240 e. The summed E-state index contributed by atoms with van der Waals surface area (Å²) < 4.78 is 47.1. The van der Waals surface area contributed by atoms with E-state index >= 15 is 0 Å². The van der Waals surface area contributed by atoms with Gasteiger partial charge in [-0.1, -0.05) is 6.07 Å². The summed E-state index contributed by atoms with van der Waals surface area (Å²) in [5.74, 6) is 0.589. The molecule has 3 aromatic rings. The molecule has 0 aliphatic rings. The average Bonchev–Trinajstić information content (AvgIpc) is 3.24. The van der Waals surface area contributed by atoms with Gasteiger partial charge in [0.1, 0.15) is 23.3 Å². The van der Waals surface area contributed by atoms with Crippen molar-refractivity contribution in [3.05, 3.63) is 48.2 Å². The molecule has 12 nitrogen and oxygen atoms in total. The third-order valence-electron chi connectivity index (χ3n) is 5.18. The van der Waals surface area contributed by atoms with Crippen LogP contribution in [0.4, 0.5) is 5.95 Å². The van der Waals surface area contributed by atoms with Crippen LogP contribution in [0.5, 0.6) is 0 Å². The van der Waals surface area contributed by atoms with Crippen LogP contribution in [0, 0.1) is 6.92 Å². The van der Waals surface area contributed by atoms with Gasteiger partial charge in [-0.25, -0.2) is 18.4 Å². The van der Waals surface area contributed by atoms with E-state index in [2.05, 4.69) is 29.9 Å². The van der Waals surface area contributed by atoms with Crippen molar-refractivity contribution in [2.45, 2.75) is 37.9 Å². The Kier molecular flexibility index (Phi) is 8.61. The van der Waals surface area contributed by atoms with Gasteiger partial charge in [-0.3, -0.25) is 14.3 Å². The third-order valence-corrected chi connectivity index (χ3v) is 6.87. The van der Waals surface area contributed by atoms with Crippen molar-refractivity contribution in [1.82, 2.24) is 29.7 Å². The maximum Gasteiger partial charge on any atom is 0.240 e. The summed E-state index contributed by atoms with van der Waals surface area (Å²) >= 11 is 0. The number of nitrogens with zero attached hydrogens (tertiary/aromatic N) is 6. The molecule has 3 rings (SSSR count). The van der Waals surface area contributed by atoms with Gasteiger partial charge in [-0.05, 0) is 31.5 Å². The van der Waals surface area contributed by atoms with Crippen LogP contribution in [0.3, 0.4) is 0 Å². The summed E-state index contributed by atoms with van der Waals surface area (Å²) in [5.41, 5.74) is 1.36. The number of sulfonamides is 1. The molecule has 0 saturated carbocycles. The number of nitrogens with one attached hydrogen (secondary N) is 1. The summed E-state index contributed by atoms with van der Waals surface area (Å²) in [6.45, 7) is 3.73. The van der Waals surface area contributed by atoms with Crippen molar-refractivity contribution in [1.29, 1.82) is 0 Å². The molecule has 0 bridgehead atoms. The molecule has 0 aromatic carbocycles. The maximum absolute atomic E-state index is 13.4. The molecule has 1 unspecified atom stereocenters. The molecule has 0 aliphatic carbocycles. The fourth-order valence-corrected chi connectivity index (χ4v) is 4.45. The van der Waals surface area contributed by atoms with Crippen molar-refractivity contribution in [2.75, 3.05) is 32.7 Å². The van der Waals surface area contributed by atoms with Crippen molar-refractivity contribution < 1.29 is 22.6 Å². The molecule has 3 heterocycles. The lowest BCUT2D eigenvalue weighted by Crippen LogP contribution is -2.34. The molecule has 0 saturated heterocycles. The van der Waals surface area contributed by atoms with Crippen molar-refractivity contribution >= 4 is 16.0 Å². The van der Waals surface area contributed by atoms with Gasteiger partial charge in [0.2, 0.25) is 16.0 Å².